The topological polar surface area (TPSA) is 46.5 Å². The minimum absolute atomic E-state index is 0.304. The Kier molecular flexibility index (Phi) is 8.85. The smallest absolute Gasteiger partial charge is 0.335 e. The van der Waals surface area contributed by atoms with Crippen LogP contribution in [0.2, 0.25) is 0 Å². The summed E-state index contributed by atoms with van der Waals surface area (Å²) in [6.45, 7) is 3.00. The number of unbranched alkanes of at least 4 members (excludes halogenated alkanes) is 3. The Labute approximate surface area is 152 Å². The number of rotatable bonds is 11. The second kappa shape index (κ2) is 11.2. The fourth-order valence-corrected chi connectivity index (χ4v) is 3.92. The maximum atomic E-state index is 10.8. The molecule has 0 unspecified atom stereocenters. The van der Waals surface area contributed by atoms with Crippen LogP contribution in [0.15, 0.2) is 24.3 Å². The molecule has 1 aliphatic carbocycles. The van der Waals surface area contributed by atoms with Crippen molar-refractivity contribution in [3.05, 3.63) is 29.8 Å². The molecule has 1 aliphatic rings. The molecule has 2 rings (SSSR count). The summed E-state index contributed by atoms with van der Waals surface area (Å²) < 4.78 is 5.74. The van der Waals surface area contributed by atoms with Crippen molar-refractivity contribution in [2.45, 2.75) is 77.6 Å². The molecule has 3 heteroatoms. The van der Waals surface area contributed by atoms with Gasteiger partial charge < -0.3 is 9.84 Å². The third-order valence-corrected chi connectivity index (χ3v) is 5.56. The molecular formula is C22H34O3. The first-order valence-corrected chi connectivity index (χ1v) is 10.1. The van der Waals surface area contributed by atoms with Gasteiger partial charge in [0.1, 0.15) is 5.75 Å². The monoisotopic (exact) mass is 346 g/mol. The first kappa shape index (κ1) is 19.8. The van der Waals surface area contributed by atoms with Crippen LogP contribution in [0.3, 0.4) is 0 Å². The molecule has 0 aliphatic heterocycles. The summed E-state index contributed by atoms with van der Waals surface area (Å²) in [5.41, 5.74) is 0.304. The average molecular weight is 347 g/mol. The summed E-state index contributed by atoms with van der Waals surface area (Å²) in [5.74, 6) is 1.73. The Morgan fingerprint density at radius 2 is 1.56 bits per heavy atom. The van der Waals surface area contributed by atoms with Gasteiger partial charge in [0, 0.05) is 0 Å². The van der Waals surface area contributed by atoms with Crippen LogP contribution in [0, 0.1) is 11.8 Å². The second-order valence-corrected chi connectivity index (χ2v) is 7.56. The molecule has 0 bridgehead atoms. The van der Waals surface area contributed by atoms with Crippen LogP contribution < -0.4 is 4.74 Å². The minimum Gasteiger partial charge on any atom is -0.494 e. The van der Waals surface area contributed by atoms with E-state index in [-0.39, 0.29) is 0 Å². The molecule has 140 valence electrons. The molecule has 1 aromatic rings. The van der Waals surface area contributed by atoms with E-state index in [1.165, 1.54) is 64.2 Å². The lowest BCUT2D eigenvalue weighted by Gasteiger charge is -2.28. The largest absolute Gasteiger partial charge is 0.494 e. The lowest BCUT2D eigenvalue weighted by Crippen LogP contribution is -2.15. The van der Waals surface area contributed by atoms with Crippen LogP contribution in [-0.2, 0) is 0 Å². The lowest BCUT2D eigenvalue weighted by molar-refractivity contribution is 0.0697. The van der Waals surface area contributed by atoms with Crippen LogP contribution in [0.4, 0.5) is 0 Å². The molecule has 1 saturated carbocycles. The van der Waals surface area contributed by atoms with Gasteiger partial charge in [0.15, 0.2) is 0 Å². The van der Waals surface area contributed by atoms with Crippen LogP contribution in [0.5, 0.6) is 5.75 Å². The van der Waals surface area contributed by atoms with Gasteiger partial charge in [0.05, 0.1) is 12.2 Å². The van der Waals surface area contributed by atoms with E-state index in [0.717, 1.165) is 30.6 Å². The van der Waals surface area contributed by atoms with E-state index in [1.807, 2.05) is 0 Å². The predicted octanol–water partition coefficient (Wildman–Crippen LogP) is 6.32. The summed E-state index contributed by atoms with van der Waals surface area (Å²) in [7, 11) is 0. The van der Waals surface area contributed by atoms with E-state index in [4.69, 9.17) is 9.84 Å². The number of carboxylic acids is 1. The zero-order valence-corrected chi connectivity index (χ0v) is 15.7. The predicted molar refractivity (Wildman–Crippen MR) is 102 cm³/mol. The maximum absolute atomic E-state index is 10.8. The molecule has 1 fully saturated rings. The van der Waals surface area contributed by atoms with Crippen molar-refractivity contribution in [1.29, 1.82) is 0 Å². The van der Waals surface area contributed by atoms with Crippen molar-refractivity contribution in [3.8, 4) is 5.75 Å². The van der Waals surface area contributed by atoms with Gasteiger partial charge in [0.2, 0.25) is 0 Å². The molecule has 0 amide bonds. The molecule has 0 atom stereocenters. The summed E-state index contributed by atoms with van der Waals surface area (Å²) in [5, 5.41) is 8.88. The highest BCUT2D eigenvalue weighted by Crippen LogP contribution is 2.34. The SMILES string of the molecule is CCCCCCC1CCC(CCCOc2ccc(C(=O)O)cc2)CC1. The number of carboxylic acid groups (broad SMARTS) is 1. The van der Waals surface area contributed by atoms with Crippen molar-refractivity contribution in [3.63, 3.8) is 0 Å². The summed E-state index contributed by atoms with van der Waals surface area (Å²) in [4.78, 5) is 10.8. The minimum atomic E-state index is -0.896. The van der Waals surface area contributed by atoms with E-state index in [9.17, 15) is 4.79 Å². The molecule has 0 radical (unpaired) electrons. The number of ether oxygens (including phenoxy) is 1. The fourth-order valence-electron chi connectivity index (χ4n) is 3.92. The van der Waals surface area contributed by atoms with Crippen LogP contribution in [-0.4, -0.2) is 17.7 Å². The van der Waals surface area contributed by atoms with Gasteiger partial charge in [-0.05, 0) is 48.9 Å². The normalized spacial score (nSPS) is 20.4. The van der Waals surface area contributed by atoms with Crippen molar-refractivity contribution < 1.29 is 14.6 Å². The highest BCUT2D eigenvalue weighted by atomic mass is 16.5. The Balaban J connectivity index is 1.53. The molecule has 0 aromatic heterocycles. The van der Waals surface area contributed by atoms with Gasteiger partial charge in [-0.3, -0.25) is 0 Å². The Morgan fingerprint density at radius 1 is 0.960 bits per heavy atom. The molecule has 0 heterocycles. The number of hydrogen-bond acceptors (Lipinski definition) is 2. The second-order valence-electron chi connectivity index (χ2n) is 7.56. The van der Waals surface area contributed by atoms with Gasteiger partial charge in [0.25, 0.3) is 0 Å². The van der Waals surface area contributed by atoms with Gasteiger partial charge in [-0.2, -0.15) is 0 Å². The lowest BCUT2D eigenvalue weighted by atomic mass is 9.78. The van der Waals surface area contributed by atoms with E-state index >= 15 is 0 Å². The highest BCUT2D eigenvalue weighted by molar-refractivity contribution is 5.87. The summed E-state index contributed by atoms with van der Waals surface area (Å²) >= 11 is 0. The quantitative estimate of drug-likeness (QED) is 0.477. The van der Waals surface area contributed by atoms with Gasteiger partial charge in [-0.15, -0.1) is 0 Å². The Morgan fingerprint density at radius 3 is 2.12 bits per heavy atom. The molecule has 25 heavy (non-hydrogen) atoms. The van der Waals surface area contributed by atoms with E-state index in [0.29, 0.717) is 5.56 Å². The Bertz CT molecular complexity index is 486. The molecule has 1 N–H and O–H groups in total. The van der Waals surface area contributed by atoms with Crippen LogP contribution in [0.25, 0.3) is 0 Å². The number of benzene rings is 1. The van der Waals surface area contributed by atoms with E-state index < -0.39 is 5.97 Å². The zero-order valence-electron chi connectivity index (χ0n) is 15.7. The zero-order chi connectivity index (χ0) is 17.9. The first-order chi connectivity index (χ1) is 12.2. The van der Waals surface area contributed by atoms with Crippen molar-refractivity contribution in [1.82, 2.24) is 0 Å². The first-order valence-electron chi connectivity index (χ1n) is 10.1. The molecular weight excluding hydrogens is 312 g/mol. The highest BCUT2D eigenvalue weighted by Gasteiger charge is 2.20. The number of hydrogen-bond donors (Lipinski definition) is 1. The summed E-state index contributed by atoms with van der Waals surface area (Å²) in [6, 6.07) is 6.68. The van der Waals surface area contributed by atoms with Crippen molar-refractivity contribution >= 4 is 5.97 Å². The van der Waals surface area contributed by atoms with E-state index in [2.05, 4.69) is 6.92 Å². The molecule has 0 spiro atoms. The van der Waals surface area contributed by atoms with Gasteiger partial charge in [-0.25, -0.2) is 4.79 Å². The number of carbonyl (C=O) groups is 1. The third kappa shape index (κ3) is 7.50. The van der Waals surface area contributed by atoms with Crippen LogP contribution in [0.1, 0.15) is 87.9 Å². The fraction of sp³-hybridized carbons (Fsp3) is 0.682. The van der Waals surface area contributed by atoms with Crippen molar-refractivity contribution in [2.75, 3.05) is 6.61 Å². The summed E-state index contributed by atoms with van der Waals surface area (Å²) in [6.07, 6.45) is 15.0. The third-order valence-electron chi connectivity index (χ3n) is 5.56. The van der Waals surface area contributed by atoms with Crippen LogP contribution >= 0.6 is 0 Å². The van der Waals surface area contributed by atoms with Gasteiger partial charge >= 0.3 is 5.97 Å². The molecule has 0 saturated heterocycles. The van der Waals surface area contributed by atoms with Gasteiger partial charge in [-0.1, -0.05) is 64.7 Å². The average Bonchev–Trinajstić information content (AvgIpc) is 2.64. The molecule has 3 nitrogen and oxygen atoms in total. The van der Waals surface area contributed by atoms with E-state index in [1.54, 1.807) is 24.3 Å². The standard InChI is InChI=1S/C22H34O3/c1-2-3-4-5-7-18-9-11-19(12-10-18)8-6-17-25-21-15-13-20(14-16-21)22(23)24/h13-16,18-19H,2-12,17H2,1H3,(H,23,24). The molecule has 1 aromatic carbocycles. The maximum Gasteiger partial charge on any atom is 0.335 e. The number of aromatic carboxylic acids is 1. The Hall–Kier alpha value is -1.51. The van der Waals surface area contributed by atoms with Crippen molar-refractivity contribution in [2.24, 2.45) is 11.8 Å².